The molecule has 58 heavy (non-hydrogen) atoms. The van der Waals surface area contributed by atoms with Crippen LogP contribution in [0.4, 0.5) is 72.3 Å². The number of nitrogens with two attached hydrogens (primary N) is 1. The Hall–Kier alpha value is -4.92. The zero-order valence-corrected chi connectivity index (χ0v) is 32.0. The van der Waals surface area contributed by atoms with Gasteiger partial charge in [0.25, 0.3) is 11.4 Å². The quantitative estimate of drug-likeness (QED) is 0.101. The molecule has 3 aromatic carbocycles. The average molecular weight is 845 g/mol. The molecular formula is C37H46F10N6O5. The minimum atomic E-state index is -4.93. The lowest BCUT2D eigenvalue weighted by atomic mass is 10.1. The largest absolute Gasteiger partial charge is 0.423 e. The van der Waals surface area contributed by atoms with Crippen LogP contribution in [0, 0.1) is 26.0 Å². The highest BCUT2D eigenvalue weighted by atomic mass is 19.4. The van der Waals surface area contributed by atoms with E-state index in [1.807, 2.05) is 23.6 Å². The molecule has 0 spiro atoms. The van der Waals surface area contributed by atoms with E-state index < -0.39 is 62.3 Å². The number of alkyl halides is 9. The second-order valence-electron chi connectivity index (χ2n) is 13.5. The molecule has 4 N–H and O–H groups in total. The first kappa shape index (κ1) is 49.2. The predicted octanol–water partition coefficient (Wildman–Crippen LogP) is 10.00. The van der Waals surface area contributed by atoms with Crippen LogP contribution in [-0.2, 0) is 18.5 Å². The summed E-state index contributed by atoms with van der Waals surface area (Å²) >= 11 is 0. The van der Waals surface area contributed by atoms with E-state index in [2.05, 4.69) is 12.2 Å². The van der Waals surface area contributed by atoms with Crippen molar-refractivity contribution < 1.29 is 58.9 Å². The Morgan fingerprint density at radius 1 is 0.655 bits per heavy atom. The number of hydrogen-bond donors (Lipinski definition) is 3. The van der Waals surface area contributed by atoms with Gasteiger partial charge in [-0.15, -0.1) is 0 Å². The molecule has 3 saturated heterocycles. The first-order valence-corrected chi connectivity index (χ1v) is 18.0. The third-order valence-corrected chi connectivity index (χ3v) is 9.36. The number of nitro benzene ring substituents is 2. The molecule has 11 nitrogen and oxygen atoms in total. The Balaban J connectivity index is 0.000000276. The van der Waals surface area contributed by atoms with Gasteiger partial charge in [0.05, 0.1) is 15.4 Å². The second kappa shape index (κ2) is 21.2. The van der Waals surface area contributed by atoms with Crippen LogP contribution in [0.5, 0.6) is 0 Å². The summed E-state index contributed by atoms with van der Waals surface area (Å²) in [6, 6.07) is 9.77. The molecule has 0 saturated carbocycles. The molecule has 324 valence electrons. The third kappa shape index (κ3) is 14.2. The summed E-state index contributed by atoms with van der Waals surface area (Å²) in [7, 11) is 1.00. The predicted molar refractivity (Wildman–Crippen MR) is 199 cm³/mol. The van der Waals surface area contributed by atoms with Gasteiger partial charge in [0, 0.05) is 67.5 Å². The fraction of sp³-hybridized carbons (Fsp3) is 0.514. The van der Waals surface area contributed by atoms with E-state index in [4.69, 9.17) is 10.8 Å². The summed E-state index contributed by atoms with van der Waals surface area (Å²) in [5.74, 6) is -1.16. The maximum absolute atomic E-state index is 12.8. The maximum Gasteiger partial charge on any atom is 0.423 e. The van der Waals surface area contributed by atoms with Crippen LogP contribution < -0.4 is 20.9 Å². The topological polar surface area (TPSA) is 151 Å². The maximum atomic E-state index is 12.8. The highest BCUT2D eigenvalue weighted by Gasteiger charge is 2.40. The van der Waals surface area contributed by atoms with Crippen molar-refractivity contribution in [3.63, 3.8) is 0 Å². The van der Waals surface area contributed by atoms with Crippen molar-refractivity contribution in [3.8, 4) is 0 Å². The van der Waals surface area contributed by atoms with Gasteiger partial charge in [-0.05, 0) is 108 Å². The molecule has 3 aromatic rings. The van der Waals surface area contributed by atoms with E-state index in [0.29, 0.717) is 36.1 Å². The van der Waals surface area contributed by atoms with E-state index in [0.717, 1.165) is 63.6 Å². The molecule has 0 bridgehead atoms. The zero-order valence-electron chi connectivity index (χ0n) is 32.0. The van der Waals surface area contributed by atoms with Gasteiger partial charge in [-0.25, -0.2) is 4.39 Å². The zero-order chi connectivity index (χ0) is 44.2. The first-order chi connectivity index (χ1) is 26.9. The summed E-state index contributed by atoms with van der Waals surface area (Å²) < 4.78 is 125. The Morgan fingerprint density at radius 3 is 1.41 bits per heavy atom. The number of nitrogens with one attached hydrogen (secondary N) is 1. The molecule has 3 heterocycles. The Kier molecular flexibility index (Phi) is 18.0. The van der Waals surface area contributed by atoms with Crippen molar-refractivity contribution in [3.05, 3.63) is 97.3 Å². The van der Waals surface area contributed by atoms with Gasteiger partial charge >= 0.3 is 18.5 Å². The number of benzene rings is 3. The molecule has 0 aliphatic carbocycles. The van der Waals surface area contributed by atoms with Crippen LogP contribution in [0.1, 0.15) is 76.0 Å². The number of aliphatic hydroxyl groups is 1. The van der Waals surface area contributed by atoms with Crippen molar-refractivity contribution >= 4 is 28.4 Å². The minimum absolute atomic E-state index is 0.0954. The Morgan fingerprint density at radius 2 is 1.07 bits per heavy atom. The normalized spacial score (nSPS) is 19.1. The molecule has 0 amide bonds. The van der Waals surface area contributed by atoms with Crippen LogP contribution in [0.25, 0.3) is 0 Å². The van der Waals surface area contributed by atoms with Gasteiger partial charge in [-0.3, -0.25) is 20.2 Å². The molecule has 0 unspecified atom stereocenters. The smallest absolute Gasteiger partial charge is 0.400 e. The highest BCUT2D eigenvalue weighted by Crippen LogP contribution is 2.40. The lowest BCUT2D eigenvalue weighted by Crippen LogP contribution is -2.26. The van der Waals surface area contributed by atoms with Crippen molar-refractivity contribution in [2.45, 2.75) is 96.0 Å². The number of nitrogen functional groups attached to an aromatic ring is 1. The number of nitro groups is 2. The van der Waals surface area contributed by atoms with E-state index >= 15 is 0 Å². The van der Waals surface area contributed by atoms with Gasteiger partial charge in [0.2, 0.25) is 0 Å². The first-order valence-electron chi connectivity index (χ1n) is 18.0. The number of aliphatic hydroxyl groups excluding tert-OH is 1. The van der Waals surface area contributed by atoms with Crippen LogP contribution >= 0.6 is 0 Å². The molecule has 6 rings (SSSR count). The molecule has 0 radical (unpaired) electrons. The number of anilines is 3. The van der Waals surface area contributed by atoms with E-state index in [9.17, 15) is 64.1 Å². The SMILES string of the molecule is CO.C[C@H]1CCCN1.C[C@H]1CCCN1c1ccc(N)c(C(F)(F)F)c1.C[C@H]1CCCN1c1ccc([N+](=O)[O-])c(C(F)(F)F)c1.O=[N+]([O-])c1ccc(F)cc1C(F)(F)F. The summed E-state index contributed by atoms with van der Waals surface area (Å²) in [5, 5.41) is 31.1. The number of hydrogen-bond acceptors (Lipinski definition) is 9. The van der Waals surface area contributed by atoms with E-state index in [1.54, 1.807) is 6.07 Å². The van der Waals surface area contributed by atoms with Crippen molar-refractivity contribution in [1.29, 1.82) is 0 Å². The van der Waals surface area contributed by atoms with Crippen molar-refractivity contribution in [2.24, 2.45) is 0 Å². The average Bonchev–Trinajstić information content (AvgIpc) is 3.91. The van der Waals surface area contributed by atoms with Crippen LogP contribution in [0.3, 0.4) is 0 Å². The molecular weight excluding hydrogens is 798 g/mol. The van der Waals surface area contributed by atoms with Crippen LogP contribution in [-0.4, -0.2) is 59.8 Å². The van der Waals surface area contributed by atoms with Gasteiger partial charge in [0.1, 0.15) is 16.9 Å². The molecule has 3 fully saturated rings. The fourth-order valence-electron chi connectivity index (χ4n) is 6.44. The minimum Gasteiger partial charge on any atom is -0.400 e. The summed E-state index contributed by atoms with van der Waals surface area (Å²) in [6.45, 7) is 8.91. The van der Waals surface area contributed by atoms with Gasteiger partial charge in [-0.1, -0.05) is 0 Å². The monoisotopic (exact) mass is 844 g/mol. The second-order valence-corrected chi connectivity index (χ2v) is 13.5. The third-order valence-electron chi connectivity index (χ3n) is 9.36. The fourth-order valence-corrected chi connectivity index (χ4v) is 6.44. The van der Waals surface area contributed by atoms with Crippen LogP contribution in [0.2, 0.25) is 0 Å². The molecule has 3 aliphatic heterocycles. The number of nitrogens with zero attached hydrogens (tertiary/aromatic N) is 4. The van der Waals surface area contributed by atoms with Gasteiger partial charge in [0.15, 0.2) is 0 Å². The van der Waals surface area contributed by atoms with Crippen molar-refractivity contribution in [2.75, 3.05) is 42.3 Å². The van der Waals surface area contributed by atoms with Crippen molar-refractivity contribution in [1.82, 2.24) is 5.32 Å². The lowest BCUT2D eigenvalue weighted by Gasteiger charge is -2.25. The Labute approximate surface area is 328 Å². The van der Waals surface area contributed by atoms with Gasteiger partial charge in [-0.2, -0.15) is 39.5 Å². The highest BCUT2D eigenvalue weighted by molar-refractivity contribution is 5.60. The molecule has 21 heteroatoms. The molecule has 0 aromatic heterocycles. The standard InChI is InChI=1S/C12H13F3N2O2.C12H15F3N2.C7H3F4NO2.C5H11N.CH4O/c1-8-3-2-6-16(8)9-4-5-11(17(18)19)10(7-9)12(13,14)15;1-8-3-2-6-17(8)9-4-5-11(16)10(7-9)12(13,14)15;8-4-1-2-6(12(13)14)5(3-4)7(9,10)11;1-5-3-2-4-6-5;1-2/h4-5,7-8H,2-3,6H2,1H3;4-5,7-8H,2-3,6,16H2,1H3;1-3H;5-6H,2-4H2,1H3;2H,1H3/t2*8-;;5-;/m00.0./s1. The number of halogens is 10. The van der Waals surface area contributed by atoms with Gasteiger partial charge < -0.3 is 26.0 Å². The summed E-state index contributed by atoms with van der Waals surface area (Å²) in [4.78, 5) is 22.5. The summed E-state index contributed by atoms with van der Waals surface area (Å²) in [6.07, 6.45) is -7.41. The van der Waals surface area contributed by atoms with E-state index in [-0.39, 0.29) is 17.8 Å². The van der Waals surface area contributed by atoms with E-state index in [1.165, 1.54) is 31.5 Å². The molecule has 3 aliphatic rings. The van der Waals surface area contributed by atoms with Crippen LogP contribution in [0.15, 0.2) is 54.6 Å². The Bertz CT molecular complexity index is 1800. The number of rotatable bonds is 4. The lowest BCUT2D eigenvalue weighted by molar-refractivity contribution is -0.388. The summed E-state index contributed by atoms with van der Waals surface area (Å²) in [5.41, 5.74) is 0.593. The molecule has 3 atom stereocenters.